The third-order valence-corrected chi connectivity index (χ3v) is 5.04. The standard InChI is InChI=1S/C11H16F6IO3/c1-6(5-18-4)7(19)21-8(2,3)9(20,10(12,13)14)11(15,16)17/h6,20H,5H2,1-4H3/q-1. The van der Waals surface area contributed by atoms with Gasteiger partial charge in [0, 0.05) is 0 Å². The van der Waals surface area contributed by atoms with E-state index in [1.807, 2.05) is 0 Å². The van der Waals surface area contributed by atoms with Gasteiger partial charge in [0.2, 0.25) is 0 Å². The maximum absolute atomic E-state index is 12.7. The van der Waals surface area contributed by atoms with Gasteiger partial charge in [-0.15, -0.1) is 0 Å². The molecule has 0 radical (unpaired) electrons. The molecule has 0 amide bonds. The van der Waals surface area contributed by atoms with Crippen molar-refractivity contribution in [2.24, 2.45) is 5.92 Å². The first-order valence-corrected chi connectivity index (χ1v) is 9.32. The number of carbonyl (C=O) groups is 1. The molecule has 0 aliphatic rings. The van der Waals surface area contributed by atoms with Gasteiger partial charge >= 0.3 is 128 Å². The molecule has 0 aromatic carbocycles. The third-order valence-electron chi connectivity index (χ3n) is 2.84. The molecule has 0 aromatic heterocycles. The Kier molecular flexibility index (Phi) is 6.39. The zero-order valence-corrected chi connectivity index (χ0v) is 13.9. The van der Waals surface area contributed by atoms with Crippen LogP contribution < -0.4 is 21.2 Å². The van der Waals surface area contributed by atoms with Crippen molar-refractivity contribution in [2.75, 3.05) is 9.36 Å². The van der Waals surface area contributed by atoms with E-state index in [-0.39, 0.29) is 0 Å². The van der Waals surface area contributed by atoms with Gasteiger partial charge in [0.15, 0.2) is 0 Å². The molecule has 0 saturated carbocycles. The fraction of sp³-hybridized carbons (Fsp3) is 0.909. The first-order valence-electron chi connectivity index (χ1n) is 5.64. The SMILES string of the molecule is C[I-]CC(C)C(=O)OC(C)(C)C(O)(C(F)(F)F)C(F)(F)F. The van der Waals surface area contributed by atoms with Crippen LogP contribution in [0.3, 0.4) is 0 Å². The summed E-state index contributed by atoms with van der Waals surface area (Å²) in [5.41, 5.74) is -8.36. The van der Waals surface area contributed by atoms with E-state index in [0.717, 1.165) is 0 Å². The molecule has 0 aliphatic carbocycles. The monoisotopic (exact) mass is 437 g/mol. The normalized spacial score (nSPS) is 16.0. The van der Waals surface area contributed by atoms with Crippen molar-refractivity contribution in [3.63, 3.8) is 0 Å². The topological polar surface area (TPSA) is 46.5 Å². The Labute approximate surface area is 128 Å². The van der Waals surface area contributed by atoms with Gasteiger partial charge in [-0.1, -0.05) is 0 Å². The summed E-state index contributed by atoms with van der Waals surface area (Å²) in [5, 5.41) is 9.25. The van der Waals surface area contributed by atoms with Crippen LogP contribution in [0.1, 0.15) is 20.8 Å². The van der Waals surface area contributed by atoms with Crippen LogP contribution in [0, 0.1) is 5.92 Å². The summed E-state index contributed by atoms with van der Waals surface area (Å²) in [6.45, 7) is 2.13. The molecule has 1 unspecified atom stereocenters. The molecule has 21 heavy (non-hydrogen) atoms. The van der Waals surface area contributed by atoms with Crippen LogP contribution in [0.2, 0.25) is 0 Å². The van der Waals surface area contributed by atoms with Crippen molar-refractivity contribution in [2.45, 2.75) is 44.3 Å². The average Bonchev–Trinajstić information content (AvgIpc) is 2.24. The Hall–Kier alpha value is -0.260. The third kappa shape index (κ3) is 4.14. The molecule has 0 aromatic rings. The molecule has 0 bridgehead atoms. The fourth-order valence-corrected chi connectivity index (χ4v) is 3.24. The second kappa shape index (κ2) is 6.47. The Morgan fingerprint density at radius 3 is 1.81 bits per heavy atom. The number of rotatable bonds is 5. The Balaban J connectivity index is 5.57. The van der Waals surface area contributed by atoms with Gasteiger partial charge in [-0.3, -0.25) is 0 Å². The predicted molar refractivity (Wildman–Crippen MR) is 57.2 cm³/mol. The van der Waals surface area contributed by atoms with E-state index in [1.165, 1.54) is 6.92 Å². The van der Waals surface area contributed by atoms with Crippen molar-refractivity contribution < 1.29 is 62.2 Å². The average molecular weight is 437 g/mol. The number of aliphatic hydroxyl groups is 1. The minimum atomic E-state index is -6.05. The van der Waals surface area contributed by atoms with E-state index in [0.29, 0.717) is 18.3 Å². The van der Waals surface area contributed by atoms with E-state index in [2.05, 4.69) is 4.74 Å². The Bertz CT molecular complexity index is 363. The maximum atomic E-state index is 12.7. The molecule has 0 spiro atoms. The molecule has 0 fully saturated rings. The summed E-state index contributed by atoms with van der Waals surface area (Å²) in [6, 6.07) is 0. The molecular weight excluding hydrogens is 421 g/mol. The molecular formula is C11H16F6IO3-. The number of halogens is 7. The van der Waals surface area contributed by atoms with E-state index in [4.69, 9.17) is 0 Å². The van der Waals surface area contributed by atoms with Crippen LogP contribution in [0.4, 0.5) is 26.3 Å². The number of alkyl halides is 8. The van der Waals surface area contributed by atoms with E-state index in [9.17, 15) is 36.2 Å². The van der Waals surface area contributed by atoms with Crippen LogP contribution in [-0.2, 0) is 9.53 Å². The van der Waals surface area contributed by atoms with Crippen LogP contribution >= 0.6 is 0 Å². The molecule has 0 aliphatic heterocycles. The molecule has 0 saturated heterocycles. The molecule has 10 heteroatoms. The minimum absolute atomic E-state index is 0.351. The van der Waals surface area contributed by atoms with Crippen molar-refractivity contribution >= 4 is 5.97 Å². The second-order valence-corrected chi connectivity index (χ2v) is 7.37. The first kappa shape index (κ1) is 20.7. The number of hydrogen-bond acceptors (Lipinski definition) is 3. The zero-order valence-electron chi connectivity index (χ0n) is 11.7. The van der Waals surface area contributed by atoms with Gasteiger partial charge in [-0.2, -0.15) is 0 Å². The summed E-state index contributed by atoms with van der Waals surface area (Å²) in [6.07, 6.45) is -12.1. The van der Waals surface area contributed by atoms with Crippen LogP contribution in [0.25, 0.3) is 0 Å². The molecule has 128 valence electrons. The second-order valence-electron chi connectivity index (χ2n) is 4.96. The quantitative estimate of drug-likeness (QED) is 0.274. The van der Waals surface area contributed by atoms with Crippen LogP contribution in [0.15, 0.2) is 0 Å². The van der Waals surface area contributed by atoms with Crippen molar-refractivity contribution in [3.05, 3.63) is 0 Å². The van der Waals surface area contributed by atoms with E-state index < -0.39 is 56.6 Å². The predicted octanol–water partition coefficient (Wildman–Crippen LogP) is -0.481. The summed E-state index contributed by atoms with van der Waals surface area (Å²) in [7, 11) is 0. The number of ether oxygens (including phenoxy) is 1. The molecule has 1 N–H and O–H groups in total. The summed E-state index contributed by atoms with van der Waals surface area (Å²) < 4.78 is 81.1. The number of hydrogen-bond donors (Lipinski definition) is 1. The molecule has 1 atom stereocenters. The molecule has 0 heterocycles. The van der Waals surface area contributed by atoms with Gasteiger partial charge in [0.25, 0.3) is 0 Å². The summed E-state index contributed by atoms with van der Waals surface area (Å²) in [4.78, 5) is 13.4. The van der Waals surface area contributed by atoms with Gasteiger partial charge < -0.3 is 0 Å². The fourth-order valence-electron chi connectivity index (χ4n) is 1.56. The van der Waals surface area contributed by atoms with Crippen molar-refractivity contribution in [1.82, 2.24) is 0 Å². The summed E-state index contributed by atoms with van der Waals surface area (Å²) >= 11 is -0.392. The van der Waals surface area contributed by atoms with Gasteiger partial charge in [0.05, 0.1) is 0 Å². The Morgan fingerprint density at radius 1 is 1.14 bits per heavy atom. The van der Waals surface area contributed by atoms with E-state index in [1.54, 1.807) is 4.93 Å². The van der Waals surface area contributed by atoms with E-state index >= 15 is 0 Å². The molecule has 3 nitrogen and oxygen atoms in total. The summed E-state index contributed by atoms with van der Waals surface area (Å²) in [5.74, 6) is -2.03. The van der Waals surface area contributed by atoms with Crippen LogP contribution in [0.5, 0.6) is 0 Å². The van der Waals surface area contributed by atoms with Gasteiger partial charge in [0.1, 0.15) is 0 Å². The Morgan fingerprint density at radius 2 is 1.52 bits per heavy atom. The van der Waals surface area contributed by atoms with Crippen molar-refractivity contribution in [1.29, 1.82) is 0 Å². The zero-order chi connectivity index (χ0) is 17.3. The number of esters is 1. The number of carbonyl (C=O) groups excluding carboxylic acids is 1. The first-order chi connectivity index (χ1) is 9.12. The van der Waals surface area contributed by atoms with Gasteiger partial charge in [-0.25, -0.2) is 0 Å². The molecule has 0 rings (SSSR count). The van der Waals surface area contributed by atoms with Gasteiger partial charge in [-0.05, 0) is 0 Å². The van der Waals surface area contributed by atoms with Crippen molar-refractivity contribution in [3.8, 4) is 0 Å². The van der Waals surface area contributed by atoms with Crippen LogP contribution in [-0.4, -0.2) is 44.0 Å².